The summed E-state index contributed by atoms with van der Waals surface area (Å²) in [5, 5.41) is 10.7. The standard InChI is InChI=1S/C14H18BrFO/c1-10-5-2-3-8-14(10,17)9-11-6-4-7-12(16)13(11)15/h4,6-7,10,17H,2-3,5,8-9H2,1H3. The van der Waals surface area contributed by atoms with Crippen LogP contribution in [0.3, 0.4) is 0 Å². The summed E-state index contributed by atoms with van der Waals surface area (Å²) in [6.45, 7) is 2.09. The highest BCUT2D eigenvalue weighted by Crippen LogP contribution is 2.37. The second-order valence-electron chi connectivity index (χ2n) is 5.14. The van der Waals surface area contributed by atoms with E-state index in [9.17, 15) is 9.50 Å². The minimum atomic E-state index is -0.672. The second kappa shape index (κ2) is 5.07. The molecule has 0 aromatic heterocycles. The Balaban J connectivity index is 2.22. The maximum Gasteiger partial charge on any atom is 0.137 e. The van der Waals surface area contributed by atoms with Crippen LogP contribution in [0.25, 0.3) is 0 Å². The Hall–Kier alpha value is -0.410. The minimum absolute atomic E-state index is 0.255. The van der Waals surface area contributed by atoms with Crippen molar-refractivity contribution in [3.05, 3.63) is 34.1 Å². The zero-order valence-corrected chi connectivity index (χ0v) is 11.6. The van der Waals surface area contributed by atoms with Gasteiger partial charge in [-0.25, -0.2) is 4.39 Å². The molecule has 2 rings (SSSR count). The van der Waals surface area contributed by atoms with Crippen LogP contribution >= 0.6 is 15.9 Å². The molecule has 1 aliphatic rings. The molecule has 1 fully saturated rings. The van der Waals surface area contributed by atoms with Gasteiger partial charge in [-0.15, -0.1) is 0 Å². The molecular formula is C14H18BrFO. The highest BCUT2D eigenvalue weighted by molar-refractivity contribution is 9.10. The van der Waals surface area contributed by atoms with Gasteiger partial charge < -0.3 is 5.11 Å². The molecule has 2 unspecified atom stereocenters. The van der Waals surface area contributed by atoms with Gasteiger partial charge in [0, 0.05) is 6.42 Å². The van der Waals surface area contributed by atoms with Crippen LogP contribution in [0.4, 0.5) is 4.39 Å². The molecule has 1 aliphatic carbocycles. The van der Waals surface area contributed by atoms with Gasteiger partial charge in [0.1, 0.15) is 5.82 Å². The van der Waals surface area contributed by atoms with E-state index < -0.39 is 5.60 Å². The lowest BCUT2D eigenvalue weighted by atomic mass is 9.73. The van der Waals surface area contributed by atoms with Crippen molar-refractivity contribution in [2.24, 2.45) is 5.92 Å². The van der Waals surface area contributed by atoms with Crippen LogP contribution in [0.1, 0.15) is 38.2 Å². The van der Waals surface area contributed by atoms with Gasteiger partial charge in [-0.1, -0.05) is 31.9 Å². The average molecular weight is 301 g/mol. The third kappa shape index (κ3) is 2.71. The Kier molecular flexibility index (Phi) is 3.88. The maximum absolute atomic E-state index is 13.4. The summed E-state index contributed by atoms with van der Waals surface area (Å²) >= 11 is 3.26. The van der Waals surface area contributed by atoms with Crippen molar-refractivity contribution >= 4 is 15.9 Å². The summed E-state index contributed by atoms with van der Waals surface area (Å²) in [5.41, 5.74) is 0.190. The Labute approximate surface area is 110 Å². The lowest BCUT2D eigenvalue weighted by Gasteiger charge is -2.38. The summed E-state index contributed by atoms with van der Waals surface area (Å²) in [5.74, 6) is 0.0287. The van der Waals surface area contributed by atoms with E-state index in [-0.39, 0.29) is 11.7 Å². The second-order valence-corrected chi connectivity index (χ2v) is 5.93. The smallest absolute Gasteiger partial charge is 0.137 e. The fourth-order valence-corrected chi connectivity index (χ4v) is 3.08. The maximum atomic E-state index is 13.4. The van der Waals surface area contributed by atoms with Gasteiger partial charge in [-0.3, -0.25) is 0 Å². The van der Waals surface area contributed by atoms with Crippen molar-refractivity contribution in [1.82, 2.24) is 0 Å². The van der Waals surface area contributed by atoms with Crippen LogP contribution in [0.2, 0.25) is 0 Å². The Morgan fingerprint density at radius 1 is 1.47 bits per heavy atom. The zero-order valence-electron chi connectivity index (χ0n) is 10.0. The quantitative estimate of drug-likeness (QED) is 0.873. The molecule has 0 spiro atoms. The molecule has 0 radical (unpaired) electrons. The van der Waals surface area contributed by atoms with Gasteiger partial charge >= 0.3 is 0 Å². The van der Waals surface area contributed by atoms with E-state index in [1.165, 1.54) is 12.5 Å². The predicted molar refractivity (Wildman–Crippen MR) is 70.4 cm³/mol. The highest BCUT2D eigenvalue weighted by Gasteiger charge is 2.36. The molecule has 1 aromatic rings. The summed E-state index contributed by atoms with van der Waals surface area (Å²) in [7, 11) is 0. The molecule has 0 bridgehead atoms. The van der Waals surface area contributed by atoms with Gasteiger partial charge in [-0.2, -0.15) is 0 Å². The first-order chi connectivity index (χ1) is 8.03. The summed E-state index contributed by atoms with van der Waals surface area (Å²) in [6.07, 6.45) is 4.66. The van der Waals surface area contributed by atoms with Crippen LogP contribution in [0.15, 0.2) is 22.7 Å². The van der Waals surface area contributed by atoms with Crippen molar-refractivity contribution in [2.75, 3.05) is 0 Å². The largest absolute Gasteiger partial charge is 0.389 e. The van der Waals surface area contributed by atoms with Crippen LogP contribution in [-0.4, -0.2) is 10.7 Å². The Bertz CT molecular complexity index is 407. The third-order valence-electron chi connectivity index (χ3n) is 3.94. The highest BCUT2D eigenvalue weighted by atomic mass is 79.9. The summed E-state index contributed by atoms with van der Waals surface area (Å²) in [4.78, 5) is 0. The number of hydrogen-bond acceptors (Lipinski definition) is 1. The molecule has 0 aliphatic heterocycles. The number of hydrogen-bond donors (Lipinski definition) is 1. The summed E-state index contributed by atoms with van der Waals surface area (Å²) < 4.78 is 13.9. The molecule has 3 heteroatoms. The summed E-state index contributed by atoms with van der Waals surface area (Å²) in [6, 6.07) is 5.01. The van der Waals surface area contributed by atoms with Crippen molar-refractivity contribution in [1.29, 1.82) is 0 Å². The van der Waals surface area contributed by atoms with E-state index >= 15 is 0 Å². The molecule has 94 valence electrons. The SMILES string of the molecule is CC1CCCCC1(O)Cc1cccc(F)c1Br. The van der Waals surface area contributed by atoms with Gasteiger partial charge in [0.05, 0.1) is 10.1 Å². The molecule has 1 aromatic carbocycles. The third-order valence-corrected chi connectivity index (χ3v) is 4.83. The van der Waals surface area contributed by atoms with E-state index in [2.05, 4.69) is 22.9 Å². The number of halogens is 2. The Morgan fingerprint density at radius 2 is 2.24 bits per heavy atom. The van der Waals surface area contributed by atoms with Crippen LogP contribution in [-0.2, 0) is 6.42 Å². The first-order valence-corrected chi connectivity index (χ1v) is 6.97. The fraction of sp³-hybridized carbons (Fsp3) is 0.571. The predicted octanol–water partition coefficient (Wildman–Crippen LogP) is 4.07. The lowest BCUT2D eigenvalue weighted by molar-refractivity contribution is -0.0406. The van der Waals surface area contributed by atoms with E-state index in [0.717, 1.165) is 24.8 Å². The first-order valence-electron chi connectivity index (χ1n) is 6.18. The molecule has 17 heavy (non-hydrogen) atoms. The van der Waals surface area contributed by atoms with Crippen molar-refractivity contribution in [2.45, 2.75) is 44.6 Å². The number of benzene rings is 1. The minimum Gasteiger partial charge on any atom is -0.389 e. The van der Waals surface area contributed by atoms with Crippen molar-refractivity contribution in [3.63, 3.8) is 0 Å². The van der Waals surface area contributed by atoms with Crippen LogP contribution in [0.5, 0.6) is 0 Å². The van der Waals surface area contributed by atoms with E-state index in [4.69, 9.17) is 0 Å². The fourth-order valence-electron chi connectivity index (χ4n) is 2.67. The first kappa shape index (κ1) is 13.0. The van der Waals surface area contributed by atoms with Gasteiger partial charge in [0.25, 0.3) is 0 Å². The van der Waals surface area contributed by atoms with E-state index in [1.54, 1.807) is 6.07 Å². The molecule has 0 heterocycles. The molecule has 0 amide bonds. The van der Waals surface area contributed by atoms with Gasteiger partial charge in [0.15, 0.2) is 0 Å². The van der Waals surface area contributed by atoms with Crippen molar-refractivity contribution in [3.8, 4) is 0 Å². The zero-order chi connectivity index (χ0) is 12.5. The molecule has 1 N–H and O–H groups in total. The normalized spacial score (nSPS) is 29.3. The molecule has 1 nitrogen and oxygen atoms in total. The molecule has 1 saturated carbocycles. The molecule has 0 saturated heterocycles. The lowest BCUT2D eigenvalue weighted by Crippen LogP contribution is -2.41. The average Bonchev–Trinajstić information content (AvgIpc) is 2.29. The van der Waals surface area contributed by atoms with Crippen LogP contribution < -0.4 is 0 Å². The van der Waals surface area contributed by atoms with E-state index in [1.807, 2.05) is 6.07 Å². The number of rotatable bonds is 2. The van der Waals surface area contributed by atoms with Crippen molar-refractivity contribution < 1.29 is 9.50 Å². The topological polar surface area (TPSA) is 20.2 Å². The van der Waals surface area contributed by atoms with Gasteiger partial charge in [-0.05, 0) is 46.3 Å². The van der Waals surface area contributed by atoms with Gasteiger partial charge in [0.2, 0.25) is 0 Å². The number of aliphatic hydroxyl groups is 1. The van der Waals surface area contributed by atoms with E-state index in [0.29, 0.717) is 10.9 Å². The van der Waals surface area contributed by atoms with Crippen LogP contribution in [0, 0.1) is 11.7 Å². The molecular weight excluding hydrogens is 283 g/mol. The Morgan fingerprint density at radius 3 is 2.94 bits per heavy atom. The molecule has 2 atom stereocenters. The monoisotopic (exact) mass is 300 g/mol.